The fourth-order valence-corrected chi connectivity index (χ4v) is 2.87. The summed E-state index contributed by atoms with van der Waals surface area (Å²) in [6.45, 7) is 0. The molecule has 0 bridgehead atoms. The third-order valence-electron chi connectivity index (χ3n) is 4.07. The van der Waals surface area contributed by atoms with Crippen LogP contribution in [0, 0.1) is 0 Å². The van der Waals surface area contributed by atoms with E-state index in [0.29, 0.717) is 11.1 Å². The zero-order valence-electron chi connectivity index (χ0n) is 13.9. The number of carbonyl (C=O) groups is 2. The van der Waals surface area contributed by atoms with Crippen molar-refractivity contribution in [1.82, 2.24) is 0 Å². The van der Waals surface area contributed by atoms with Crippen LogP contribution in [-0.2, 0) is 28.5 Å². The van der Waals surface area contributed by atoms with Gasteiger partial charge in [0.2, 0.25) is 0 Å². The van der Waals surface area contributed by atoms with Gasteiger partial charge in [-0.25, -0.2) is 9.59 Å². The molecule has 2 aromatic rings. The van der Waals surface area contributed by atoms with Crippen LogP contribution in [0.4, 0.5) is 0 Å². The van der Waals surface area contributed by atoms with Gasteiger partial charge < -0.3 is 18.9 Å². The molecular formula is C19H18O6. The highest BCUT2D eigenvalue weighted by molar-refractivity contribution is 6.05. The molecule has 1 aliphatic heterocycles. The van der Waals surface area contributed by atoms with E-state index in [9.17, 15) is 9.59 Å². The van der Waals surface area contributed by atoms with Crippen LogP contribution in [0.5, 0.6) is 0 Å². The second-order valence-electron chi connectivity index (χ2n) is 5.51. The van der Waals surface area contributed by atoms with Crippen molar-refractivity contribution in [3.8, 4) is 0 Å². The third kappa shape index (κ3) is 2.90. The number of esters is 2. The molecule has 6 nitrogen and oxygen atoms in total. The molecule has 1 saturated heterocycles. The highest BCUT2D eigenvalue weighted by atomic mass is 16.8. The molecule has 0 N–H and O–H groups in total. The smallest absolute Gasteiger partial charge is 0.353 e. The predicted molar refractivity (Wildman–Crippen MR) is 87.3 cm³/mol. The summed E-state index contributed by atoms with van der Waals surface area (Å²) in [5, 5.41) is 0. The van der Waals surface area contributed by atoms with Gasteiger partial charge >= 0.3 is 11.9 Å². The molecule has 0 aliphatic carbocycles. The Morgan fingerprint density at radius 2 is 1.32 bits per heavy atom. The number of rotatable bonds is 4. The van der Waals surface area contributed by atoms with Crippen molar-refractivity contribution in [2.45, 2.75) is 18.0 Å². The van der Waals surface area contributed by atoms with E-state index >= 15 is 0 Å². The van der Waals surface area contributed by atoms with Gasteiger partial charge in [-0.05, 0) is 5.56 Å². The molecule has 0 aromatic heterocycles. The zero-order valence-corrected chi connectivity index (χ0v) is 13.9. The van der Waals surface area contributed by atoms with Crippen molar-refractivity contribution in [2.75, 3.05) is 14.2 Å². The van der Waals surface area contributed by atoms with Gasteiger partial charge in [-0.2, -0.15) is 0 Å². The van der Waals surface area contributed by atoms with E-state index in [-0.39, 0.29) is 0 Å². The first-order valence-corrected chi connectivity index (χ1v) is 7.73. The molecule has 1 heterocycles. The Hall–Kier alpha value is -2.70. The minimum absolute atomic E-state index is 0.608. The van der Waals surface area contributed by atoms with Gasteiger partial charge in [-0.15, -0.1) is 0 Å². The van der Waals surface area contributed by atoms with Crippen LogP contribution >= 0.6 is 0 Å². The van der Waals surface area contributed by atoms with Crippen LogP contribution in [0.2, 0.25) is 0 Å². The van der Waals surface area contributed by atoms with Gasteiger partial charge in [-0.1, -0.05) is 60.7 Å². The first-order valence-electron chi connectivity index (χ1n) is 7.73. The second-order valence-corrected chi connectivity index (χ2v) is 5.51. The molecule has 2 atom stereocenters. The Kier molecular flexibility index (Phi) is 4.83. The molecule has 3 rings (SSSR count). The van der Waals surface area contributed by atoms with Crippen LogP contribution in [-0.4, -0.2) is 31.8 Å². The summed E-state index contributed by atoms with van der Waals surface area (Å²) in [5.74, 6) is -1.74. The van der Waals surface area contributed by atoms with E-state index in [0.717, 1.165) is 0 Å². The van der Waals surface area contributed by atoms with Crippen LogP contribution in [0.25, 0.3) is 0 Å². The number of methoxy groups -OCH3 is 2. The normalized spacial score (nSPS) is 21.5. The van der Waals surface area contributed by atoms with Gasteiger partial charge in [0.15, 0.2) is 6.29 Å². The maximum atomic E-state index is 12.6. The van der Waals surface area contributed by atoms with Crippen molar-refractivity contribution in [1.29, 1.82) is 0 Å². The summed E-state index contributed by atoms with van der Waals surface area (Å²) in [4.78, 5) is 25.1. The van der Waals surface area contributed by atoms with E-state index < -0.39 is 29.9 Å². The minimum atomic E-state index is -2.04. The molecule has 1 fully saturated rings. The number of benzene rings is 2. The average molecular weight is 342 g/mol. The van der Waals surface area contributed by atoms with Gasteiger partial charge in [0, 0.05) is 5.56 Å². The Morgan fingerprint density at radius 3 is 1.80 bits per heavy atom. The summed E-state index contributed by atoms with van der Waals surface area (Å²) < 4.78 is 21.5. The van der Waals surface area contributed by atoms with E-state index in [1.165, 1.54) is 14.2 Å². The van der Waals surface area contributed by atoms with Crippen LogP contribution in [0.1, 0.15) is 23.5 Å². The zero-order chi connectivity index (χ0) is 17.9. The molecule has 0 radical (unpaired) electrons. The van der Waals surface area contributed by atoms with Gasteiger partial charge in [-0.3, -0.25) is 0 Å². The lowest BCUT2D eigenvalue weighted by molar-refractivity contribution is -0.188. The molecule has 0 spiro atoms. The topological polar surface area (TPSA) is 71.1 Å². The molecule has 6 heteroatoms. The summed E-state index contributed by atoms with van der Waals surface area (Å²) in [5.41, 5.74) is -0.749. The predicted octanol–water partition coefficient (Wildman–Crippen LogP) is 2.56. The standard InChI is InChI=1S/C19H18O6/c1-22-17(20)19(18(21)23-2)15(13-9-5-3-6-10-13)24-16(25-19)14-11-7-4-8-12-14/h3-12,15-16H,1-2H3/t15-,16-/m1/s1. The Morgan fingerprint density at radius 1 is 0.840 bits per heavy atom. The molecule has 0 amide bonds. The summed E-state index contributed by atoms with van der Waals surface area (Å²) >= 11 is 0. The monoisotopic (exact) mass is 342 g/mol. The molecule has 1 aliphatic rings. The summed E-state index contributed by atoms with van der Waals surface area (Å²) in [6, 6.07) is 18.0. The van der Waals surface area contributed by atoms with Gasteiger partial charge in [0.05, 0.1) is 14.2 Å². The lowest BCUT2D eigenvalue weighted by Crippen LogP contribution is -2.52. The highest BCUT2D eigenvalue weighted by Crippen LogP contribution is 2.48. The van der Waals surface area contributed by atoms with Crippen molar-refractivity contribution in [3.63, 3.8) is 0 Å². The quantitative estimate of drug-likeness (QED) is 0.628. The number of ether oxygens (including phenoxy) is 4. The van der Waals surface area contributed by atoms with Crippen molar-refractivity contribution < 1.29 is 28.5 Å². The largest absolute Gasteiger partial charge is 0.466 e. The summed E-state index contributed by atoms with van der Waals surface area (Å²) in [7, 11) is 2.38. The second kappa shape index (κ2) is 7.04. The van der Waals surface area contributed by atoms with Gasteiger partial charge in [0.1, 0.15) is 6.10 Å². The molecule has 0 unspecified atom stereocenters. The Labute approximate surface area is 145 Å². The maximum absolute atomic E-state index is 12.6. The Balaban J connectivity index is 2.10. The van der Waals surface area contributed by atoms with E-state index in [1.807, 2.05) is 24.3 Å². The van der Waals surface area contributed by atoms with Crippen LogP contribution in [0.3, 0.4) is 0 Å². The molecule has 0 saturated carbocycles. The molecule has 2 aromatic carbocycles. The number of carbonyl (C=O) groups excluding carboxylic acids is 2. The maximum Gasteiger partial charge on any atom is 0.353 e. The van der Waals surface area contributed by atoms with E-state index in [2.05, 4.69) is 0 Å². The van der Waals surface area contributed by atoms with Crippen molar-refractivity contribution in [3.05, 3.63) is 71.8 Å². The Bertz CT molecular complexity index is 727. The molecular weight excluding hydrogens is 324 g/mol. The molecule has 130 valence electrons. The first kappa shape index (κ1) is 17.1. The van der Waals surface area contributed by atoms with Gasteiger partial charge in [0.25, 0.3) is 5.60 Å². The average Bonchev–Trinajstić information content (AvgIpc) is 3.10. The third-order valence-corrected chi connectivity index (χ3v) is 4.07. The fraction of sp³-hybridized carbons (Fsp3) is 0.263. The lowest BCUT2D eigenvalue weighted by atomic mass is 9.91. The summed E-state index contributed by atoms with van der Waals surface area (Å²) in [6.07, 6.45) is -1.91. The van der Waals surface area contributed by atoms with E-state index in [4.69, 9.17) is 18.9 Å². The van der Waals surface area contributed by atoms with Crippen molar-refractivity contribution in [2.24, 2.45) is 0 Å². The molecule has 25 heavy (non-hydrogen) atoms. The van der Waals surface area contributed by atoms with Crippen molar-refractivity contribution >= 4 is 11.9 Å². The van der Waals surface area contributed by atoms with E-state index in [1.54, 1.807) is 36.4 Å². The lowest BCUT2D eigenvalue weighted by Gasteiger charge is -2.27. The van der Waals surface area contributed by atoms with Crippen LogP contribution in [0.15, 0.2) is 60.7 Å². The first-order chi connectivity index (χ1) is 12.1. The SMILES string of the molecule is COC(=O)C1(C(=O)OC)O[C@H](c2ccccc2)O[C@@H]1c1ccccc1. The number of hydrogen-bond acceptors (Lipinski definition) is 6. The fourth-order valence-electron chi connectivity index (χ4n) is 2.87. The number of hydrogen-bond donors (Lipinski definition) is 0. The van der Waals surface area contributed by atoms with Crippen LogP contribution < -0.4 is 0 Å². The minimum Gasteiger partial charge on any atom is -0.466 e. The highest BCUT2D eigenvalue weighted by Gasteiger charge is 2.64.